The first-order valence-electron chi connectivity index (χ1n) is 10.3. The van der Waals surface area contributed by atoms with Gasteiger partial charge in [-0.25, -0.2) is 14.2 Å². The number of halogens is 1. The maximum Gasteiger partial charge on any atom is 0.408 e. The zero-order chi connectivity index (χ0) is 24.2. The normalized spacial score (nSPS) is 20.8. The van der Waals surface area contributed by atoms with E-state index < -0.39 is 35.4 Å². The molecule has 1 heterocycles. The molecule has 32 heavy (non-hydrogen) atoms. The summed E-state index contributed by atoms with van der Waals surface area (Å²) in [6.45, 7) is 5.34. The van der Waals surface area contributed by atoms with Crippen molar-refractivity contribution < 1.29 is 23.9 Å². The lowest BCUT2D eigenvalue weighted by Gasteiger charge is -2.47. The van der Waals surface area contributed by atoms with Crippen LogP contribution >= 0.6 is 12.2 Å². The molecule has 0 bridgehead atoms. The summed E-state index contributed by atoms with van der Waals surface area (Å²) in [6.07, 6.45) is 1.16. The van der Waals surface area contributed by atoms with E-state index in [2.05, 4.69) is 15.6 Å². The first kappa shape index (κ1) is 25.4. The Balaban J connectivity index is 2.21. The smallest absolute Gasteiger partial charge is 0.408 e. The van der Waals surface area contributed by atoms with Crippen molar-refractivity contribution in [3.63, 3.8) is 0 Å². The summed E-state index contributed by atoms with van der Waals surface area (Å²) < 4.78 is 13.0. The molecule has 3 atom stereocenters. The quantitative estimate of drug-likeness (QED) is 0.583. The summed E-state index contributed by atoms with van der Waals surface area (Å²) in [7, 11) is 3.34. The van der Waals surface area contributed by atoms with Crippen molar-refractivity contribution in [3.8, 4) is 0 Å². The van der Waals surface area contributed by atoms with E-state index in [1.54, 1.807) is 34.9 Å². The van der Waals surface area contributed by atoms with Gasteiger partial charge in [-0.1, -0.05) is 12.2 Å². The predicted octanol–water partition coefficient (Wildman–Crippen LogP) is 2.48. The van der Waals surface area contributed by atoms with Crippen LogP contribution in [0.3, 0.4) is 0 Å². The zero-order valence-corrected chi connectivity index (χ0v) is 19.7. The molecule has 1 aliphatic carbocycles. The summed E-state index contributed by atoms with van der Waals surface area (Å²) in [6, 6.07) is 1.43. The Bertz CT molecular complexity index is 872. The van der Waals surface area contributed by atoms with Gasteiger partial charge in [-0.05, 0) is 52.2 Å². The number of hydrogen-bond acceptors (Lipinski definition) is 5. The van der Waals surface area contributed by atoms with E-state index in [0.717, 1.165) is 12.3 Å². The number of nitrogens with one attached hydrogen (secondary N) is 2. The maximum atomic E-state index is 13.0. The molecule has 11 heteroatoms. The lowest BCUT2D eigenvalue weighted by atomic mass is 9.79. The molecule has 2 unspecified atom stereocenters. The molecule has 9 nitrogen and oxygen atoms in total. The minimum atomic E-state index is -1.11. The number of carbonyl (C=O) groups is 3. The minimum absolute atomic E-state index is 0.0598. The maximum absolute atomic E-state index is 13.0. The number of amides is 3. The molecular formula is C21H30FN5O4S. The molecule has 0 aliphatic heterocycles. The standard InChI is InChI=1S/C21H30FN5O4S/c1-21(2,3)27(20(30)31)15-10-12(19(29)26(4)5)6-8-14(15)24-18(32)17(28)25-16-9-7-13(22)11-23-16/h7,9,11-12,14-15H,6,8,10H2,1-5H3,(H,24,32)(H,30,31)(H,23,25,28)/t12-,14?,15?/m0/s1. The van der Waals surface area contributed by atoms with Crippen LogP contribution in [0.4, 0.5) is 15.0 Å². The Morgan fingerprint density at radius 3 is 2.38 bits per heavy atom. The van der Waals surface area contributed by atoms with Gasteiger partial charge in [0.2, 0.25) is 5.91 Å². The van der Waals surface area contributed by atoms with Crippen LogP contribution in [-0.2, 0) is 9.59 Å². The number of aromatic nitrogens is 1. The number of rotatable bonds is 4. The lowest BCUT2D eigenvalue weighted by Crippen LogP contribution is -2.62. The number of thiocarbonyl (C=S) groups is 1. The number of pyridine rings is 1. The van der Waals surface area contributed by atoms with Gasteiger partial charge < -0.3 is 20.6 Å². The Labute approximate surface area is 192 Å². The van der Waals surface area contributed by atoms with Crippen LogP contribution in [0.1, 0.15) is 40.0 Å². The third-order valence-corrected chi connectivity index (χ3v) is 5.66. The van der Waals surface area contributed by atoms with Crippen LogP contribution in [0.15, 0.2) is 18.3 Å². The van der Waals surface area contributed by atoms with Gasteiger partial charge in [0.1, 0.15) is 11.6 Å². The second-order valence-corrected chi connectivity index (χ2v) is 9.44. The van der Waals surface area contributed by atoms with Crippen LogP contribution in [0.5, 0.6) is 0 Å². The number of carboxylic acid groups (broad SMARTS) is 1. The van der Waals surface area contributed by atoms with Crippen LogP contribution in [0, 0.1) is 11.7 Å². The first-order chi connectivity index (χ1) is 14.8. The molecule has 0 aromatic carbocycles. The molecule has 3 N–H and O–H groups in total. The average Bonchev–Trinajstić information content (AvgIpc) is 2.68. The number of nitrogens with zero attached hydrogens (tertiary/aromatic N) is 3. The van der Waals surface area contributed by atoms with Gasteiger partial charge in [0.25, 0.3) is 5.91 Å². The van der Waals surface area contributed by atoms with Crippen molar-refractivity contribution in [3.05, 3.63) is 24.1 Å². The highest BCUT2D eigenvalue weighted by Gasteiger charge is 2.43. The van der Waals surface area contributed by atoms with Gasteiger partial charge in [0.15, 0.2) is 4.99 Å². The summed E-state index contributed by atoms with van der Waals surface area (Å²) in [5.74, 6) is -1.42. The largest absolute Gasteiger partial charge is 0.465 e. The van der Waals surface area contributed by atoms with Crippen molar-refractivity contribution in [2.45, 2.75) is 57.7 Å². The van der Waals surface area contributed by atoms with E-state index >= 15 is 0 Å². The molecule has 0 radical (unpaired) electrons. The molecular weight excluding hydrogens is 437 g/mol. The Morgan fingerprint density at radius 1 is 1.22 bits per heavy atom. The fourth-order valence-corrected chi connectivity index (χ4v) is 4.18. The summed E-state index contributed by atoms with van der Waals surface area (Å²) in [4.78, 5) is 43.7. The Kier molecular flexibility index (Phi) is 8.11. The summed E-state index contributed by atoms with van der Waals surface area (Å²) >= 11 is 5.24. The Hall–Kier alpha value is -2.82. The fourth-order valence-electron chi connectivity index (χ4n) is 3.97. The highest BCUT2D eigenvalue weighted by molar-refractivity contribution is 7.82. The van der Waals surface area contributed by atoms with Crippen molar-refractivity contribution >= 4 is 40.9 Å². The van der Waals surface area contributed by atoms with Gasteiger partial charge in [-0.3, -0.25) is 14.5 Å². The highest BCUT2D eigenvalue weighted by atomic mass is 32.1. The van der Waals surface area contributed by atoms with Gasteiger partial charge in [0.05, 0.1) is 12.2 Å². The molecule has 1 fully saturated rings. The molecule has 1 aromatic rings. The van der Waals surface area contributed by atoms with Gasteiger partial charge in [-0.15, -0.1) is 0 Å². The predicted molar refractivity (Wildman–Crippen MR) is 122 cm³/mol. The van der Waals surface area contributed by atoms with E-state index in [-0.39, 0.29) is 22.6 Å². The van der Waals surface area contributed by atoms with Crippen molar-refractivity contribution in [2.75, 3.05) is 19.4 Å². The van der Waals surface area contributed by atoms with Crippen LogP contribution < -0.4 is 10.6 Å². The first-order valence-corrected chi connectivity index (χ1v) is 10.7. The Morgan fingerprint density at radius 2 is 1.88 bits per heavy atom. The topological polar surface area (TPSA) is 115 Å². The second-order valence-electron chi connectivity index (χ2n) is 9.03. The van der Waals surface area contributed by atoms with Gasteiger partial charge >= 0.3 is 6.09 Å². The van der Waals surface area contributed by atoms with E-state index in [1.165, 1.54) is 15.9 Å². The average molecular weight is 468 g/mol. The van der Waals surface area contributed by atoms with Gasteiger partial charge in [0, 0.05) is 31.6 Å². The molecule has 1 aliphatic rings. The van der Waals surface area contributed by atoms with Crippen LogP contribution in [0.25, 0.3) is 0 Å². The molecule has 0 saturated heterocycles. The second kappa shape index (κ2) is 10.2. The third-order valence-electron chi connectivity index (χ3n) is 5.36. The minimum Gasteiger partial charge on any atom is -0.465 e. The summed E-state index contributed by atoms with van der Waals surface area (Å²) in [5, 5.41) is 15.4. The SMILES string of the molecule is CN(C)C(=O)[C@H]1CCC(NC(=S)C(=O)Nc2ccc(F)cn2)C(N(C(=O)O)C(C)(C)C)C1. The summed E-state index contributed by atoms with van der Waals surface area (Å²) in [5.41, 5.74) is -0.735. The highest BCUT2D eigenvalue weighted by Crippen LogP contribution is 2.33. The van der Waals surface area contributed by atoms with Crippen molar-refractivity contribution in [1.82, 2.24) is 20.1 Å². The molecule has 176 valence electrons. The van der Waals surface area contributed by atoms with Crippen molar-refractivity contribution in [2.24, 2.45) is 5.92 Å². The van der Waals surface area contributed by atoms with E-state index in [0.29, 0.717) is 19.3 Å². The molecule has 1 aromatic heterocycles. The number of carbonyl (C=O) groups excluding carboxylic acids is 2. The fraction of sp³-hybridized carbons (Fsp3) is 0.571. The number of hydrogen-bond donors (Lipinski definition) is 3. The van der Waals surface area contributed by atoms with E-state index in [9.17, 15) is 23.9 Å². The third kappa shape index (κ3) is 6.35. The van der Waals surface area contributed by atoms with Crippen LogP contribution in [-0.4, -0.2) is 74.5 Å². The van der Waals surface area contributed by atoms with E-state index in [1.807, 2.05) is 0 Å². The number of anilines is 1. The zero-order valence-electron chi connectivity index (χ0n) is 18.9. The molecule has 0 spiro atoms. The lowest BCUT2D eigenvalue weighted by molar-refractivity contribution is -0.135. The monoisotopic (exact) mass is 467 g/mol. The molecule has 1 saturated carbocycles. The molecule has 2 rings (SSSR count). The van der Waals surface area contributed by atoms with E-state index in [4.69, 9.17) is 12.2 Å². The van der Waals surface area contributed by atoms with Crippen LogP contribution in [0.2, 0.25) is 0 Å². The van der Waals surface area contributed by atoms with Gasteiger partial charge in [-0.2, -0.15) is 0 Å². The van der Waals surface area contributed by atoms with Crippen molar-refractivity contribution in [1.29, 1.82) is 0 Å². The molecule has 3 amide bonds.